The Morgan fingerprint density at radius 2 is 2.13 bits per heavy atom. The molecule has 1 aliphatic heterocycles. The molecule has 0 aliphatic carbocycles. The third-order valence-electron chi connectivity index (χ3n) is 3.95. The van der Waals surface area contributed by atoms with Crippen LogP contribution in [0, 0.1) is 5.92 Å². The molecule has 1 aromatic rings. The monoisotopic (exact) mass is 320 g/mol. The normalized spacial score (nSPS) is 20.4. The van der Waals surface area contributed by atoms with Crippen molar-refractivity contribution in [3.05, 3.63) is 35.9 Å². The van der Waals surface area contributed by atoms with Crippen molar-refractivity contribution < 1.29 is 14.6 Å². The van der Waals surface area contributed by atoms with Gasteiger partial charge >= 0.3 is 0 Å². The summed E-state index contributed by atoms with van der Waals surface area (Å²) in [5.41, 5.74) is 1.24. The fraction of sp³-hybridized carbons (Fsp3) is 0.611. The van der Waals surface area contributed by atoms with Gasteiger partial charge in [-0.2, -0.15) is 0 Å². The lowest BCUT2D eigenvalue weighted by Gasteiger charge is -2.32. The number of amides is 1. The zero-order valence-corrected chi connectivity index (χ0v) is 14.1. The number of aliphatic hydroxyl groups excluding tert-OH is 1. The van der Waals surface area contributed by atoms with Gasteiger partial charge in [-0.1, -0.05) is 44.2 Å². The lowest BCUT2D eigenvalue weighted by atomic mass is 10.1. The van der Waals surface area contributed by atoms with Gasteiger partial charge in [0.2, 0.25) is 0 Å². The minimum atomic E-state index is -0.497. The summed E-state index contributed by atoms with van der Waals surface area (Å²) in [7, 11) is 0. The fourth-order valence-corrected chi connectivity index (χ4v) is 2.81. The number of carbonyl (C=O) groups excluding carboxylic acids is 1. The lowest BCUT2D eigenvalue weighted by molar-refractivity contribution is -0.139. The van der Waals surface area contributed by atoms with Gasteiger partial charge in [-0.3, -0.25) is 9.69 Å². The average Bonchev–Trinajstić information content (AvgIpc) is 2.53. The van der Waals surface area contributed by atoms with E-state index in [0.29, 0.717) is 25.5 Å². The van der Waals surface area contributed by atoms with Crippen molar-refractivity contribution in [2.75, 3.05) is 26.2 Å². The molecular weight excluding hydrogens is 292 g/mol. The topological polar surface area (TPSA) is 61.8 Å². The van der Waals surface area contributed by atoms with Crippen LogP contribution in [0.4, 0.5) is 0 Å². The number of nitrogens with zero attached hydrogens (tertiary/aromatic N) is 1. The van der Waals surface area contributed by atoms with Gasteiger partial charge in [0.1, 0.15) is 6.10 Å². The van der Waals surface area contributed by atoms with Gasteiger partial charge in [0, 0.05) is 26.2 Å². The Morgan fingerprint density at radius 3 is 2.83 bits per heavy atom. The molecule has 2 N–H and O–H groups in total. The molecule has 0 aromatic heterocycles. The highest BCUT2D eigenvalue weighted by Crippen LogP contribution is 2.11. The summed E-state index contributed by atoms with van der Waals surface area (Å²) in [6.45, 7) is 7.18. The van der Waals surface area contributed by atoms with E-state index in [1.807, 2.05) is 18.2 Å². The summed E-state index contributed by atoms with van der Waals surface area (Å²) in [5, 5.41) is 12.6. The summed E-state index contributed by atoms with van der Waals surface area (Å²) in [4.78, 5) is 14.4. The standard InChI is InChI=1S/C18H28N2O3/c1-14(2)10-16(21)11-19-18(22)17-13-20(8-9-23-17)12-15-6-4-3-5-7-15/h3-7,14,16-17,21H,8-13H2,1-2H3,(H,19,22). The van der Waals surface area contributed by atoms with E-state index in [4.69, 9.17) is 4.74 Å². The van der Waals surface area contributed by atoms with Crippen LogP contribution in [0.2, 0.25) is 0 Å². The zero-order chi connectivity index (χ0) is 16.7. The maximum absolute atomic E-state index is 12.2. The second-order valence-corrected chi connectivity index (χ2v) is 6.61. The van der Waals surface area contributed by atoms with Gasteiger partial charge in [-0.25, -0.2) is 0 Å². The van der Waals surface area contributed by atoms with Crippen LogP contribution in [-0.2, 0) is 16.1 Å². The van der Waals surface area contributed by atoms with Crippen LogP contribution in [0.15, 0.2) is 30.3 Å². The van der Waals surface area contributed by atoms with E-state index in [2.05, 4.69) is 36.2 Å². The highest BCUT2D eigenvalue weighted by molar-refractivity contribution is 5.81. The second kappa shape index (κ2) is 9.01. The summed E-state index contributed by atoms with van der Waals surface area (Å²) in [6, 6.07) is 10.2. The maximum atomic E-state index is 12.2. The molecule has 0 radical (unpaired) electrons. The van der Waals surface area contributed by atoms with Gasteiger partial charge in [0.05, 0.1) is 12.7 Å². The van der Waals surface area contributed by atoms with Crippen LogP contribution in [0.3, 0.4) is 0 Å². The quantitative estimate of drug-likeness (QED) is 0.797. The Bertz CT molecular complexity index is 478. The summed E-state index contributed by atoms with van der Waals surface area (Å²) in [5.74, 6) is 0.278. The molecule has 2 unspecified atom stereocenters. The number of hydrogen-bond donors (Lipinski definition) is 2. The first kappa shape index (κ1) is 17.9. The molecule has 23 heavy (non-hydrogen) atoms. The van der Waals surface area contributed by atoms with Crippen LogP contribution in [-0.4, -0.2) is 54.4 Å². The van der Waals surface area contributed by atoms with E-state index in [1.54, 1.807) is 0 Å². The first-order valence-corrected chi connectivity index (χ1v) is 8.38. The van der Waals surface area contributed by atoms with Crippen molar-refractivity contribution in [2.24, 2.45) is 5.92 Å². The van der Waals surface area contributed by atoms with Crippen LogP contribution in [0.25, 0.3) is 0 Å². The third kappa shape index (κ3) is 6.29. The molecule has 2 atom stereocenters. The first-order chi connectivity index (χ1) is 11.0. The highest BCUT2D eigenvalue weighted by atomic mass is 16.5. The smallest absolute Gasteiger partial charge is 0.250 e. The average molecular weight is 320 g/mol. The van der Waals surface area contributed by atoms with Gasteiger partial charge in [-0.15, -0.1) is 0 Å². The zero-order valence-electron chi connectivity index (χ0n) is 14.1. The number of benzene rings is 1. The third-order valence-corrected chi connectivity index (χ3v) is 3.95. The van der Waals surface area contributed by atoms with Crippen molar-refractivity contribution in [2.45, 2.75) is 39.0 Å². The Morgan fingerprint density at radius 1 is 1.39 bits per heavy atom. The molecule has 1 heterocycles. The molecular formula is C18H28N2O3. The van der Waals surface area contributed by atoms with Gasteiger partial charge in [-0.05, 0) is 17.9 Å². The Kier molecular flexibility index (Phi) is 7.02. The predicted molar refractivity (Wildman–Crippen MR) is 89.9 cm³/mol. The number of hydrogen-bond acceptors (Lipinski definition) is 4. The fourth-order valence-electron chi connectivity index (χ4n) is 2.81. The van der Waals surface area contributed by atoms with Crippen molar-refractivity contribution in [3.63, 3.8) is 0 Å². The number of morpholine rings is 1. The summed E-state index contributed by atoms with van der Waals surface area (Å²) >= 11 is 0. The molecule has 1 aliphatic rings. The molecule has 0 saturated carbocycles. The van der Waals surface area contributed by atoms with Gasteiger partial charge in [0.15, 0.2) is 0 Å². The van der Waals surface area contributed by atoms with Crippen LogP contribution >= 0.6 is 0 Å². The Hall–Kier alpha value is -1.43. The Labute approximate surface area is 138 Å². The number of aliphatic hydroxyl groups is 1. The maximum Gasteiger partial charge on any atom is 0.250 e. The minimum Gasteiger partial charge on any atom is -0.391 e. The molecule has 0 bridgehead atoms. The minimum absolute atomic E-state index is 0.134. The van der Waals surface area contributed by atoms with Crippen LogP contribution < -0.4 is 5.32 Å². The van der Waals surface area contributed by atoms with Gasteiger partial charge < -0.3 is 15.2 Å². The van der Waals surface area contributed by atoms with E-state index in [-0.39, 0.29) is 12.5 Å². The van der Waals surface area contributed by atoms with Gasteiger partial charge in [0.25, 0.3) is 5.91 Å². The number of nitrogens with one attached hydrogen (secondary N) is 1. The van der Waals surface area contributed by atoms with E-state index in [9.17, 15) is 9.90 Å². The SMILES string of the molecule is CC(C)CC(O)CNC(=O)C1CN(Cc2ccccc2)CCO1. The van der Waals surface area contributed by atoms with Crippen LogP contribution in [0.1, 0.15) is 25.8 Å². The molecule has 5 nitrogen and oxygen atoms in total. The molecule has 1 aromatic carbocycles. The lowest BCUT2D eigenvalue weighted by Crippen LogP contribution is -2.50. The number of rotatable bonds is 7. The second-order valence-electron chi connectivity index (χ2n) is 6.61. The molecule has 0 spiro atoms. The summed E-state index contributed by atoms with van der Waals surface area (Å²) in [6.07, 6.45) is -0.270. The molecule has 5 heteroatoms. The molecule has 1 fully saturated rings. The number of carbonyl (C=O) groups is 1. The molecule has 128 valence electrons. The largest absolute Gasteiger partial charge is 0.391 e. The summed E-state index contributed by atoms with van der Waals surface area (Å²) < 4.78 is 5.59. The first-order valence-electron chi connectivity index (χ1n) is 8.38. The van der Waals surface area contributed by atoms with E-state index in [1.165, 1.54) is 5.56 Å². The van der Waals surface area contributed by atoms with E-state index in [0.717, 1.165) is 13.1 Å². The van der Waals surface area contributed by atoms with Crippen molar-refractivity contribution >= 4 is 5.91 Å². The molecule has 1 amide bonds. The van der Waals surface area contributed by atoms with E-state index < -0.39 is 12.2 Å². The highest BCUT2D eigenvalue weighted by Gasteiger charge is 2.26. The molecule has 1 saturated heterocycles. The van der Waals surface area contributed by atoms with Crippen LogP contribution in [0.5, 0.6) is 0 Å². The van der Waals surface area contributed by atoms with E-state index >= 15 is 0 Å². The Balaban J connectivity index is 1.77. The molecule has 2 rings (SSSR count). The van der Waals surface area contributed by atoms with Crippen molar-refractivity contribution in [1.29, 1.82) is 0 Å². The van der Waals surface area contributed by atoms with Crippen molar-refractivity contribution in [1.82, 2.24) is 10.2 Å². The predicted octanol–water partition coefficient (Wildman–Crippen LogP) is 1.41. The number of ether oxygens (including phenoxy) is 1. The van der Waals surface area contributed by atoms with Crippen molar-refractivity contribution in [3.8, 4) is 0 Å².